The molecular weight excluding hydrogens is 604 g/mol. The molecule has 3 aromatic heterocycles. The molecule has 7 rings (SSSR count). The Morgan fingerprint density at radius 2 is 1.67 bits per heavy atom. The average Bonchev–Trinajstić information content (AvgIpc) is 3.53. The van der Waals surface area contributed by atoms with Crippen LogP contribution in [0.15, 0.2) is 42.9 Å². The summed E-state index contributed by atoms with van der Waals surface area (Å²) in [5.41, 5.74) is 5.47. The van der Waals surface area contributed by atoms with Crippen molar-refractivity contribution >= 4 is 22.8 Å². The van der Waals surface area contributed by atoms with Crippen LogP contribution in [0.1, 0.15) is 69.0 Å². The van der Waals surface area contributed by atoms with Crippen LogP contribution in [0, 0.1) is 5.92 Å². The number of carbonyl (C=O) groups is 1. The summed E-state index contributed by atoms with van der Waals surface area (Å²) in [6.45, 7) is 11.8. The Labute approximate surface area is 283 Å². The zero-order valence-corrected chi connectivity index (χ0v) is 28.8. The third-order valence-electron chi connectivity index (χ3n) is 10.7. The molecule has 0 bridgehead atoms. The van der Waals surface area contributed by atoms with E-state index in [1.165, 1.54) is 11.1 Å². The minimum absolute atomic E-state index is 0.0545. The number of rotatable bonds is 9. The van der Waals surface area contributed by atoms with Gasteiger partial charge in [-0.15, -0.1) is 0 Å². The molecule has 0 radical (unpaired) electrons. The minimum atomic E-state index is -0.0721. The second kappa shape index (κ2) is 13.7. The zero-order valence-electron chi connectivity index (χ0n) is 28.8. The Balaban J connectivity index is 1.00. The van der Waals surface area contributed by atoms with Crippen molar-refractivity contribution in [2.24, 2.45) is 5.92 Å². The molecule has 5 heterocycles. The van der Waals surface area contributed by atoms with E-state index in [1.807, 2.05) is 42.9 Å². The number of aryl methyl sites for hydroxylation is 1. The average molecular weight is 653 g/mol. The van der Waals surface area contributed by atoms with Gasteiger partial charge >= 0.3 is 0 Å². The predicted octanol–water partition coefficient (Wildman–Crippen LogP) is 4.85. The molecule has 2 aliphatic heterocycles. The van der Waals surface area contributed by atoms with Crippen molar-refractivity contribution in [3.8, 4) is 11.5 Å². The number of anilines is 1. The van der Waals surface area contributed by atoms with Gasteiger partial charge in [0, 0.05) is 49.9 Å². The predicted molar refractivity (Wildman–Crippen MR) is 186 cm³/mol. The van der Waals surface area contributed by atoms with E-state index in [0.717, 1.165) is 97.9 Å². The van der Waals surface area contributed by atoms with E-state index in [9.17, 15) is 4.79 Å². The molecule has 3 aliphatic rings. The van der Waals surface area contributed by atoms with Gasteiger partial charge in [0.15, 0.2) is 17.1 Å². The lowest BCUT2D eigenvalue weighted by molar-refractivity contribution is -0.138. The summed E-state index contributed by atoms with van der Waals surface area (Å²) >= 11 is 0. The molecule has 1 amide bonds. The Kier molecular flexibility index (Phi) is 9.22. The number of carbonyl (C=O) groups excluding carboxylic acids is 1. The summed E-state index contributed by atoms with van der Waals surface area (Å²) in [6, 6.07) is 10.6. The van der Waals surface area contributed by atoms with Gasteiger partial charge in [0.05, 0.1) is 37.0 Å². The number of fused-ring (bicyclic) bond motifs is 3. The van der Waals surface area contributed by atoms with Gasteiger partial charge in [0.1, 0.15) is 12.1 Å². The molecule has 1 saturated heterocycles. The highest BCUT2D eigenvalue weighted by Crippen LogP contribution is 2.49. The van der Waals surface area contributed by atoms with Crippen LogP contribution in [0.2, 0.25) is 0 Å². The van der Waals surface area contributed by atoms with E-state index in [2.05, 4.69) is 55.9 Å². The Morgan fingerprint density at radius 3 is 2.40 bits per heavy atom. The van der Waals surface area contributed by atoms with Crippen LogP contribution in [0.5, 0.6) is 11.5 Å². The van der Waals surface area contributed by atoms with Gasteiger partial charge in [-0.3, -0.25) is 14.7 Å². The van der Waals surface area contributed by atoms with Gasteiger partial charge in [-0.05, 0) is 94.8 Å². The maximum absolute atomic E-state index is 13.9. The van der Waals surface area contributed by atoms with E-state index >= 15 is 0 Å². The number of nitrogens with zero attached hydrogens (tertiary/aromatic N) is 8. The highest BCUT2D eigenvalue weighted by atomic mass is 16.5. The van der Waals surface area contributed by atoms with Gasteiger partial charge in [0.2, 0.25) is 5.91 Å². The lowest BCUT2D eigenvalue weighted by Crippen LogP contribution is -2.54. The lowest BCUT2D eigenvalue weighted by Gasteiger charge is -2.51. The number of hydrogen-bond donors (Lipinski definition) is 0. The summed E-state index contributed by atoms with van der Waals surface area (Å²) in [5.74, 6) is 2.90. The number of ether oxygens (including phenoxy) is 2. The summed E-state index contributed by atoms with van der Waals surface area (Å²) in [4.78, 5) is 34.8. The van der Waals surface area contributed by atoms with Crippen molar-refractivity contribution in [2.45, 2.75) is 71.4 Å². The van der Waals surface area contributed by atoms with Crippen molar-refractivity contribution in [3.63, 3.8) is 0 Å². The quantitative estimate of drug-likeness (QED) is 0.251. The first-order chi connectivity index (χ1) is 23.4. The molecule has 48 heavy (non-hydrogen) atoms. The highest BCUT2D eigenvalue weighted by Gasteiger charge is 2.46. The first-order valence-electron chi connectivity index (χ1n) is 17.7. The van der Waals surface area contributed by atoms with E-state index in [0.29, 0.717) is 38.8 Å². The van der Waals surface area contributed by atoms with Crippen molar-refractivity contribution in [2.75, 3.05) is 57.9 Å². The molecule has 1 aromatic carbocycles. The molecule has 0 atom stereocenters. The van der Waals surface area contributed by atoms with E-state index < -0.39 is 0 Å². The van der Waals surface area contributed by atoms with Gasteiger partial charge in [0.25, 0.3) is 0 Å². The first-order valence-corrected chi connectivity index (χ1v) is 17.7. The molecule has 1 saturated carbocycles. The monoisotopic (exact) mass is 652 g/mol. The largest absolute Gasteiger partial charge is 0.490 e. The molecule has 0 N–H and O–H groups in total. The van der Waals surface area contributed by atoms with Crippen molar-refractivity contribution < 1.29 is 14.3 Å². The fourth-order valence-electron chi connectivity index (χ4n) is 8.09. The summed E-state index contributed by atoms with van der Waals surface area (Å²) in [7, 11) is 2.25. The maximum Gasteiger partial charge on any atom is 0.225 e. The Hall–Kier alpha value is -4.25. The maximum atomic E-state index is 13.9. The first kappa shape index (κ1) is 32.3. The minimum Gasteiger partial charge on any atom is -0.490 e. The van der Waals surface area contributed by atoms with Crippen LogP contribution in [0.25, 0.3) is 11.0 Å². The molecule has 11 heteroatoms. The molecule has 11 nitrogen and oxygen atoms in total. The number of likely N-dealkylation sites (N-methyl/N-ethyl adjacent to an activating group) is 1. The SMILES string of the molecule is CCOc1cc2c(cc1OCC)[C@]1(CC[C@@H](C(=O)N3CCN(c4ncnc5c4cnn5Cc4cccc(CC)n4)CC3)CC1)N(C)CC2. The normalized spacial score (nSPS) is 21.5. The van der Waals surface area contributed by atoms with Crippen molar-refractivity contribution in [1.29, 1.82) is 0 Å². The van der Waals surface area contributed by atoms with Gasteiger partial charge in [-0.25, -0.2) is 14.6 Å². The highest BCUT2D eigenvalue weighted by molar-refractivity contribution is 5.87. The topological polar surface area (TPSA) is 102 Å². The van der Waals surface area contributed by atoms with Crippen LogP contribution in [0.3, 0.4) is 0 Å². The molecule has 2 fully saturated rings. The third-order valence-corrected chi connectivity index (χ3v) is 10.7. The van der Waals surface area contributed by atoms with Crippen LogP contribution >= 0.6 is 0 Å². The van der Waals surface area contributed by atoms with Crippen LogP contribution in [-0.2, 0) is 29.7 Å². The molecule has 1 spiro atoms. The molecule has 4 aromatic rings. The Morgan fingerprint density at radius 1 is 0.938 bits per heavy atom. The van der Waals surface area contributed by atoms with E-state index in [-0.39, 0.29) is 11.5 Å². The van der Waals surface area contributed by atoms with Crippen LogP contribution < -0.4 is 14.4 Å². The number of benzene rings is 1. The summed E-state index contributed by atoms with van der Waals surface area (Å²) < 4.78 is 13.9. The smallest absolute Gasteiger partial charge is 0.225 e. The van der Waals surface area contributed by atoms with Crippen molar-refractivity contribution in [3.05, 3.63) is 65.4 Å². The van der Waals surface area contributed by atoms with Gasteiger partial charge < -0.3 is 19.3 Å². The van der Waals surface area contributed by atoms with E-state index in [1.54, 1.807) is 6.33 Å². The lowest BCUT2D eigenvalue weighted by atomic mass is 9.68. The Bertz CT molecular complexity index is 1760. The number of pyridine rings is 1. The summed E-state index contributed by atoms with van der Waals surface area (Å²) in [5, 5.41) is 5.58. The van der Waals surface area contributed by atoms with Gasteiger partial charge in [-0.2, -0.15) is 5.10 Å². The standard InChI is InChI=1S/C37H48N8O3/c1-5-28-9-8-10-29(41-28)24-45-35-30(23-40-45)34(38-25-39-35)43-17-19-44(20-18-43)36(46)26-11-14-37(15-12-26)31-22-33(48-7-3)32(47-6-2)21-27(31)13-16-42(37)4/h8-10,21-23,25-26H,5-7,11-20,24H2,1-4H3/t26-,37-. The van der Waals surface area contributed by atoms with Crippen molar-refractivity contribution in [1.82, 2.24) is 34.5 Å². The second-order valence-corrected chi connectivity index (χ2v) is 13.3. The van der Waals surface area contributed by atoms with Gasteiger partial charge in [-0.1, -0.05) is 13.0 Å². The number of aromatic nitrogens is 5. The third kappa shape index (κ3) is 5.97. The zero-order chi connectivity index (χ0) is 33.3. The number of hydrogen-bond acceptors (Lipinski definition) is 9. The van der Waals surface area contributed by atoms with Crippen LogP contribution in [0.4, 0.5) is 5.82 Å². The molecule has 1 aliphatic carbocycles. The summed E-state index contributed by atoms with van der Waals surface area (Å²) in [6.07, 6.45) is 9.09. The second-order valence-electron chi connectivity index (χ2n) is 13.3. The molecular formula is C37H48N8O3. The van der Waals surface area contributed by atoms with E-state index in [4.69, 9.17) is 14.5 Å². The molecule has 0 unspecified atom stereocenters. The fraction of sp³-hybridized carbons (Fsp3) is 0.541. The molecule has 254 valence electrons. The number of piperazine rings is 1. The number of amides is 1. The fourth-order valence-corrected chi connectivity index (χ4v) is 8.09. The van der Waals surface area contributed by atoms with Crippen LogP contribution in [-0.4, -0.2) is 93.4 Å².